The quantitative estimate of drug-likeness (QED) is 0.289. The van der Waals surface area contributed by atoms with E-state index in [0.29, 0.717) is 6.54 Å². The second-order valence-corrected chi connectivity index (χ2v) is 11.4. The summed E-state index contributed by atoms with van der Waals surface area (Å²) >= 11 is 3.71. The van der Waals surface area contributed by atoms with Crippen LogP contribution in [0.4, 0.5) is 0 Å². The van der Waals surface area contributed by atoms with Gasteiger partial charge in [-0.05, 0) is 60.9 Å². The zero-order valence-corrected chi connectivity index (χ0v) is 23.1. The maximum Gasteiger partial charge on any atom is 0.240 e. The van der Waals surface area contributed by atoms with Crippen LogP contribution < -0.4 is 9.47 Å². The third kappa shape index (κ3) is 5.12. The molecule has 3 aliphatic rings. The molecule has 38 heavy (non-hydrogen) atoms. The summed E-state index contributed by atoms with van der Waals surface area (Å²) < 4.78 is 12.1. The monoisotopic (exact) mass is 572 g/mol. The number of amides is 1. The second kappa shape index (κ2) is 11.0. The van der Waals surface area contributed by atoms with Gasteiger partial charge in [0.15, 0.2) is 11.5 Å². The molecule has 1 saturated heterocycles. The molecule has 0 bridgehead atoms. The number of fused-ring (bicyclic) bond motifs is 1. The van der Waals surface area contributed by atoms with Crippen molar-refractivity contribution in [2.75, 3.05) is 13.3 Å². The maximum absolute atomic E-state index is 14.3. The summed E-state index contributed by atoms with van der Waals surface area (Å²) in [5.74, 6) is 1.80. The lowest BCUT2D eigenvalue weighted by Crippen LogP contribution is -2.47. The zero-order valence-electron chi connectivity index (χ0n) is 21.5. The predicted octanol–water partition coefficient (Wildman–Crippen LogP) is 6.50. The molecule has 2 atom stereocenters. The molecule has 5 nitrogen and oxygen atoms in total. The highest BCUT2D eigenvalue weighted by atomic mass is 79.9. The van der Waals surface area contributed by atoms with Gasteiger partial charge >= 0.3 is 0 Å². The van der Waals surface area contributed by atoms with Crippen molar-refractivity contribution in [3.63, 3.8) is 0 Å². The molecule has 0 aromatic heterocycles. The number of hydrogen-bond donors (Lipinski definition) is 0. The highest BCUT2D eigenvalue weighted by Gasteiger charge is 2.51. The van der Waals surface area contributed by atoms with E-state index >= 15 is 0 Å². The van der Waals surface area contributed by atoms with Crippen molar-refractivity contribution < 1.29 is 14.3 Å². The van der Waals surface area contributed by atoms with Crippen LogP contribution in [0.1, 0.15) is 42.4 Å². The minimum Gasteiger partial charge on any atom is -0.454 e. The van der Waals surface area contributed by atoms with Gasteiger partial charge in [-0.15, -0.1) is 0 Å². The fraction of sp³-hybridized carbons (Fsp3) is 0.344. The van der Waals surface area contributed by atoms with Crippen LogP contribution in [0.3, 0.4) is 0 Å². The predicted molar refractivity (Wildman–Crippen MR) is 152 cm³/mol. The van der Waals surface area contributed by atoms with E-state index in [1.54, 1.807) is 0 Å². The van der Waals surface area contributed by atoms with Crippen molar-refractivity contribution in [2.45, 2.75) is 56.8 Å². The van der Waals surface area contributed by atoms with Gasteiger partial charge in [0.05, 0.1) is 6.04 Å². The Hall–Kier alpha value is -3.09. The molecule has 0 radical (unpaired) electrons. The number of halogens is 1. The number of hydrogen-bond acceptors (Lipinski definition) is 4. The molecule has 3 aromatic rings. The summed E-state index contributed by atoms with van der Waals surface area (Å²) in [5, 5.41) is 0. The molecule has 3 aromatic carbocycles. The molecule has 6 rings (SSSR count). The van der Waals surface area contributed by atoms with Crippen LogP contribution in [0.5, 0.6) is 11.5 Å². The first-order valence-corrected chi connectivity index (χ1v) is 14.3. The third-order valence-electron chi connectivity index (χ3n) is 8.18. The normalized spacial score (nSPS) is 22.1. The summed E-state index contributed by atoms with van der Waals surface area (Å²) in [6.07, 6.45) is 9.11. The molecule has 0 saturated carbocycles. The molecule has 2 heterocycles. The molecule has 6 heteroatoms. The number of rotatable bonds is 8. The molecule has 1 fully saturated rings. The van der Waals surface area contributed by atoms with Crippen molar-refractivity contribution in [3.8, 4) is 11.5 Å². The Kier molecular flexibility index (Phi) is 7.26. The van der Waals surface area contributed by atoms with E-state index in [0.717, 1.165) is 66.7 Å². The summed E-state index contributed by atoms with van der Waals surface area (Å²) in [6.45, 7) is 2.44. The van der Waals surface area contributed by atoms with Gasteiger partial charge in [0.1, 0.15) is 0 Å². The molecular weight excluding hydrogens is 540 g/mol. The lowest BCUT2D eigenvalue weighted by atomic mass is 9.82. The smallest absolute Gasteiger partial charge is 0.240 e. The molecule has 0 unspecified atom stereocenters. The van der Waals surface area contributed by atoms with Gasteiger partial charge in [0.2, 0.25) is 12.7 Å². The fourth-order valence-corrected chi connectivity index (χ4v) is 6.72. The Morgan fingerprint density at radius 3 is 2.21 bits per heavy atom. The van der Waals surface area contributed by atoms with Crippen LogP contribution in [-0.2, 0) is 24.3 Å². The molecule has 1 spiro atoms. The average molecular weight is 574 g/mol. The number of carbonyl (C=O) groups excluding carboxylic acids is 1. The van der Waals surface area contributed by atoms with Crippen LogP contribution in [0.15, 0.2) is 89.4 Å². The second-order valence-electron chi connectivity index (χ2n) is 10.6. The highest BCUT2D eigenvalue weighted by Crippen LogP contribution is 2.43. The Labute approximate surface area is 233 Å². The average Bonchev–Trinajstić information content (AvgIpc) is 3.50. The van der Waals surface area contributed by atoms with E-state index in [1.165, 1.54) is 11.1 Å². The van der Waals surface area contributed by atoms with Crippen molar-refractivity contribution >= 4 is 21.8 Å². The SMILES string of the molecule is O=C1[C@@H](N(Cc2ccccc2)Cc2ccccc2)C[C@]2(CC=CCC2)N1CCc1cc2c(cc1Br)OCO2. The molecule has 0 N–H and O–H groups in total. The van der Waals surface area contributed by atoms with Gasteiger partial charge in [0, 0.05) is 29.6 Å². The number of likely N-dealkylation sites (tertiary alicyclic amines) is 1. The van der Waals surface area contributed by atoms with Crippen molar-refractivity contribution in [1.29, 1.82) is 0 Å². The lowest BCUT2D eigenvalue weighted by molar-refractivity contribution is -0.135. The molecule has 1 amide bonds. The summed E-state index contributed by atoms with van der Waals surface area (Å²) in [7, 11) is 0. The van der Waals surface area contributed by atoms with Crippen molar-refractivity contribution in [2.24, 2.45) is 0 Å². The van der Waals surface area contributed by atoms with Gasteiger partial charge in [-0.25, -0.2) is 0 Å². The van der Waals surface area contributed by atoms with Crippen LogP contribution in [0.25, 0.3) is 0 Å². The van der Waals surface area contributed by atoms with Crippen LogP contribution in [0.2, 0.25) is 0 Å². The number of benzene rings is 3. The largest absolute Gasteiger partial charge is 0.454 e. The number of carbonyl (C=O) groups is 1. The molecule has 2 aliphatic heterocycles. The minimum atomic E-state index is -0.151. The Bertz CT molecular complexity index is 1270. The topological polar surface area (TPSA) is 42.0 Å². The van der Waals surface area contributed by atoms with Gasteiger partial charge < -0.3 is 14.4 Å². The van der Waals surface area contributed by atoms with E-state index < -0.39 is 0 Å². The van der Waals surface area contributed by atoms with E-state index in [2.05, 4.69) is 92.5 Å². The number of allylic oxidation sites excluding steroid dienone is 1. The van der Waals surface area contributed by atoms with E-state index in [1.807, 2.05) is 18.2 Å². The maximum atomic E-state index is 14.3. The highest BCUT2D eigenvalue weighted by molar-refractivity contribution is 9.10. The van der Waals surface area contributed by atoms with Crippen LogP contribution >= 0.6 is 15.9 Å². The van der Waals surface area contributed by atoms with Gasteiger partial charge in [-0.1, -0.05) is 88.7 Å². The minimum absolute atomic E-state index is 0.134. The number of ether oxygens (including phenoxy) is 2. The van der Waals surface area contributed by atoms with E-state index in [-0.39, 0.29) is 24.3 Å². The van der Waals surface area contributed by atoms with Gasteiger partial charge in [0.25, 0.3) is 0 Å². The Morgan fingerprint density at radius 2 is 1.58 bits per heavy atom. The lowest BCUT2D eigenvalue weighted by Gasteiger charge is -2.39. The summed E-state index contributed by atoms with van der Waals surface area (Å²) in [5.41, 5.74) is 3.47. The molecular formula is C32H33BrN2O3. The van der Waals surface area contributed by atoms with Crippen LogP contribution in [0, 0.1) is 0 Å². The first kappa shape index (κ1) is 25.2. The first-order chi connectivity index (χ1) is 18.6. The Balaban J connectivity index is 1.28. The third-order valence-corrected chi connectivity index (χ3v) is 8.92. The molecule has 1 aliphatic carbocycles. The van der Waals surface area contributed by atoms with Gasteiger partial charge in [-0.3, -0.25) is 9.69 Å². The van der Waals surface area contributed by atoms with Crippen LogP contribution in [-0.4, -0.2) is 40.6 Å². The van der Waals surface area contributed by atoms with Gasteiger partial charge in [-0.2, -0.15) is 0 Å². The fourth-order valence-electron chi connectivity index (χ4n) is 6.20. The number of nitrogens with zero attached hydrogens (tertiary/aromatic N) is 2. The van der Waals surface area contributed by atoms with E-state index in [9.17, 15) is 4.79 Å². The Morgan fingerprint density at radius 1 is 0.921 bits per heavy atom. The van der Waals surface area contributed by atoms with Crippen molar-refractivity contribution in [1.82, 2.24) is 9.80 Å². The van der Waals surface area contributed by atoms with E-state index in [4.69, 9.17) is 9.47 Å². The molecule has 196 valence electrons. The summed E-state index contributed by atoms with van der Waals surface area (Å²) in [6, 6.07) is 24.9. The zero-order chi connectivity index (χ0) is 26.0. The summed E-state index contributed by atoms with van der Waals surface area (Å²) in [4.78, 5) is 18.9. The standard InChI is InChI=1S/C32H33BrN2O3/c33-27-19-30-29(37-23-38-30)18-26(27)14-17-35-31(36)28(20-32(35)15-8-3-9-16-32)34(21-24-10-4-1-5-11-24)22-25-12-6-2-7-13-25/h1-8,10-13,18-19,28H,9,14-17,20-23H2/t28-,32+/m0/s1. The van der Waals surface area contributed by atoms with Crippen molar-refractivity contribution in [3.05, 3.63) is 106 Å². The first-order valence-electron chi connectivity index (χ1n) is 13.5.